The number of aromatic hydroxyl groups is 4. The van der Waals surface area contributed by atoms with Gasteiger partial charge in [0.15, 0.2) is 0 Å². The second-order valence-corrected chi connectivity index (χ2v) is 11.0. The topological polar surface area (TPSA) is 121 Å². The van der Waals surface area contributed by atoms with Crippen LogP contribution < -0.4 is 0 Å². The van der Waals surface area contributed by atoms with Crippen molar-refractivity contribution in [3.8, 4) is 34.8 Å². The van der Waals surface area contributed by atoms with Crippen LogP contribution in [0.5, 0.6) is 23.0 Å². The molecule has 0 aliphatic heterocycles. The fourth-order valence-corrected chi connectivity index (χ4v) is 3.70. The molecule has 0 saturated heterocycles. The Labute approximate surface area is 214 Å². The van der Waals surface area contributed by atoms with Crippen LogP contribution in [0.2, 0.25) is 0 Å². The SMILES string of the molecule is CC(C)(CO)CCC#Cc1cc(O)cc(C=Cc2cc(O)cc(CCCCC(C)(C)CO)c2O)c1O. The molecule has 0 atom stereocenters. The first-order valence-corrected chi connectivity index (χ1v) is 12.4. The second-order valence-electron chi connectivity index (χ2n) is 11.0. The van der Waals surface area contributed by atoms with Gasteiger partial charge in [-0.1, -0.05) is 58.1 Å². The van der Waals surface area contributed by atoms with E-state index < -0.39 is 0 Å². The number of aliphatic hydroxyl groups excluding tert-OH is 2. The molecular formula is C30H40O6. The zero-order valence-corrected chi connectivity index (χ0v) is 21.8. The average Bonchev–Trinajstić information content (AvgIpc) is 2.82. The maximum atomic E-state index is 10.8. The highest BCUT2D eigenvalue weighted by atomic mass is 16.3. The summed E-state index contributed by atoms with van der Waals surface area (Å²) in [6, 6.07) is 5.77. The van der Waals surface area contributed by atoms with Crippen LogP contribution in [-0.4, -0.2) is 43.9 Å². The van der Waals surface area contributed by atoms with Gasteiger partial charge in [-0.05, 0) is 66.3 Å². The van der Waals surface area contributed by atoms with Crippen molar-refractivity contribution in [2.45, 2.75) is 66.2 Å². The molecule has 6 nitrogen and oxygen atoms in total. The number of aryl methyl sites for hydroxylation is 1. The lowest BCUT2D eigenvalue weighted by molar-refractivity contribution is 0.147. The smallest absolute Gasteiger partial charge is 0.138 e. The van der Waals surface area contributed by atoms with E-state index in [0.717, 1.165) is 19.3 Å². The molecule has 196 valence electrons. The third kappa shape index (κ3) is 8.82. The van der Waals surface area contributed by atoms with Gasteiger partial charge in [0.1, 0.15) is 23.0 Å². The Morgan fingerprint density at radius 1 is 0.722 bits per heavy atom. The molecule has 0 fully saturated rings. The highest BCUT2D eigenvalue weighted by Gasteiger charge is 2.16. The zero-order chi connectivity index (χ0) is 26.9. The lowest BCUT2D eigenvalue weighted by atomic mass is 9.87. The molecule has 2 aromatic carbocycles. The lowest BCUT2D eigenvalue weighted by Gasteiger charge is -2.21. The first-order chi connectivity index (χ1) is 16.9. The number of phenols is 4. The highest BCUT2D eigenvalue weighted by Crippen LogP contribution is 2.34. The summed E-state index contributed by atoms with van der Waals surface area (Å²) in [7, 11) is 0. The van der Waals surface area contributed by atoms with Crippen LogP contribution in [0, 0.1) is 22.7 Å². The lowest BCUT2D eigenvalue weighted by Crippen LogP contribution is -2.16. The molecule has 0 bridgehead atoms. The largest absolute Gasteiger partial charge is 0.508 e. The van der Waals surface area contributed by atoms with E-state index >= 15 is 0 Å². The Morgan fingerprint density at radius 2 is 1.28 bits per heavy atom. The van der Waals surface area contributed by atoms with Crippen LogP contribution in [0.1, 0.15) is 82.1 Å². The predicted octanol–water partition coefficient (Wildman–Crippen LogP) is 5.56. The van der Waals surface area contributed by atoms with Gasteiger partial charge in [-0.3, -0.25) is 0 Å². The van der Waals surface area contributed by atoms with E-state index in [-0.39, 0.29) is 52.6 Å². The minimum absolute atomic E-state index is 0.0237. The quantitative estimate of drug-likeness (QED) is 0.105. The molecule has 0 aliphatic carbocycles. The van der Waals surface area contributed by atoms with Gasteiger partial charge in [0, 0.05) is 30.8 Å². The van der Waals surface area contributed by atoms with Crippen molar-refractivity contribution in [3.63, 3.8) is 0 Å². The van der Waals surface area contributed by atoms with E-state index in [1.807, 2.05) is 27.7 Å². The van der Waals surface area contributed by atoms with Crippen molar-refractivity contribution >= 4 is 12.2 Å². The molecular weight excluding hydrogens is 456 g/mol. The number of benzene rings is 2. The van der Waals surface area contributed by atoms with Crippen LogP contribution >= 0.6 is 0 Å². The monoisotopic (exact) mass is 496 g/mol. The molecule has 0 aliphatic rings. The predicted molar refractivity (Wildman–Crippen MR) is 144 cm³/mol. The molecule has 0 radical (unpaired) electrons. The van der Waals surface area contributed by atoms with Gasteiger partial charge in [-0.25, -0.2) is 0 Å². The third-order valence-corrected chi connectivity index (χ3v) is 6.33. The normalized spacial score (nSPS) is 12.1. The van der Waals surface area contributed by atoms with Crippen LogP contribution in [0.25, 0.3) is 12.2 Å². The Kier molecular flexibility index (Phi) is 10.3. The van der Waals surface area contributed by atoms with E-state index in [1.54, 1.807) is 18.2 Å². The third-order valence-electron chi connectivity index (χ3n) is 6.33. The Morgan fingerprint density at radius 3 is 1.89 bits per heavy atom. The Hall–Kier alpha value is -3.14. The summed E-state index contributed by atoms with van der Waals surface area (Å²) in [4.78, 5) is 0. The van der Waals surface area contributed by atoms with Gasteiger partial charge < -0.3 is 30.6 Å². The van der Waals surface area contributed by atoms with Crippen molar-refractivity contribution in [2.24, 2.45) is 10.8 Å². The number of unbranched alkanes of at least 4 members (excludes halogenated alkanes) is 1. The van der Waals surface area contributed by atoms with E-state index in [4.69, 9.17) is 0 Å². The van der Waals surface area contributed by atoms with Crippen LogP contribution in [0.15, 0.2) is 24.3 Å². The summed E-state index contributed by atoms with van der Waals surface area (Å²) in [6.45, 7) is 8.09. The first-order valence-electron chi connectivity index (χ1n) is 12.4. The summed E-state index contributed by atoms with van der Waals surface area (Å²) < 4.78 is 0. The number of phenolic OH excluding ortho intramolecular Hbond substituents is 4. The molecule has 6 heteroatoms. The van der Waals surface area contributed by atoms with Crippen LogP contribution in [0.3, 0.4) is 0 Å². The highest BCUT2D eigenvalue weighted by molar-refractivity contribution is 5.78. The molecule has 6 N–H and O–H groups in total. The van der Waals surface area contributed by atoms with Crippen molar-refractivity contribution in [1.29, 1.82) is 0 Å². The van der Waals surface area contributed by atoms with Crippen molar-refractivity contribution in [2.75, 3.05) is 13.2 Å². The standard InChI is InChI=1S/C30H40O6/c1-29(2,19-31)13-7-5-9-21-15-25(33)17-23(27(21)35)11-12-24-18-26(34)16-22(28(24)36)10-6-8-14-30(3,4)20-32/h11-12,15-18,31-36H,5,7-9,13-14,19-20H2,1-4H3. The van der Waals surface area contributed by atoms with Gasteiger partial charge in [0.25, 0.3) is 0 Å². The Balaban J connectivity index is 2.19. The van der Waals surface area contributed by atoms with Crippen LogP contribution in [-0.2, 0) is 6.42 Å². The molecule has 0 aromatic heterocycles. The van der Waals surface area contributed by atoms with E-state index in [1.165, 1.54) is 18.2 Å². The van der Waals surface area contributed by atoms with E-state index in [2.05, 4.69) is 11.8 Å². The summed E-state index contributed by atoms with van der Waals surface area (Å²) >= 11 is 0. The fourth-order valence-electron chi connectivity index (χ4n) is 3.70. The van der Waals surface area contributed by atoms with E-state index in [9.17, 15) is 30.6 Å². The zero-order valence-electron chi connectivity index (χ0n) is 21.8. The Bertz CT molecular complexity index is 1120. The van der Waals surface area contributed by atoms with Gasteiger partial charge in [-0.2, -0.15) is 0 Å². The fraction of sp³-hybridized carbons (Fsp3) is 0.467. The molecule has 36 heavy (non-hydrogen) atoms. The van der Waals surface area contributed by atoms with Gasteiger partial charge >= 0.3 is 0 Å². The second kappa shape index (κ2) is 12.7. The molecule has 0 spiro atoms. The number of aliphatic hydroxyl groups is 2. The average molecular weight is 497 g/mol. The summed E-state index contributed by atoms with van der Waals surface area (Å²) in [5.41, 5.74) is 1.24. The number of hydrogen-bond donors (Lipinski definition) is 6. The van der Waals surface area contributed by atoms with Gasteiger partial charge in [-0.15, -0.1) is 0 Å². The minimum atomic E-state index is -0.235. The maximum Gasteiger partial charge on any atom is 0.138 e. The molecule has 0 heterocycles. The molecule has 0 amide bonds. The van der Waals surface area contributed by atoms with Gasteiger partial charge in [0.05, 0.1) is 5.56 Å². The first kappa shape index (κ1) is 29.1. The maximum absolute atomic E-state index is 10.8. The van der Waals surface area contributed by atoms with Gasteiger partial charge in [0.2, 0.25) is 0 Å². The summed E-state index contributed by atoms with van der Waals surface area (Å²) in [5.74, 6) is 5.79. The minimum Gasteiger partial charge on any atom is -0.508 e. The summed E-state index contributed by atoms with van der Waals surface area (Å²) in [5, 5.41) is 60.5. The van der Waals surface area contributed by atoms with Crippen LogP contribution in [0.4, 0.5) is 0 Å². The molecule has 0 saturated carbocycles. The number of rotatable bonds is 11. The molecule has 0 unspecified atom stereocenters. The summed E-state index contributed by atoms with van der Waals surface area (Å²) in [6.07, 6.45) is 7.47. The van der Waals surface area contributed by atoms with Crippen molar-refractivity contribution in [1.82, 2.24) is 0 Å². The van der Waals surface area contributed by atoms with Crippen molar-refractivity contribution in [3.05, 3.63) is 46.5 Å². The number of hydrogen-bond acceptors (Lipinski definition) is 6. The van der Waals surface area contributed by atoms with E-state index in [0.29, 0.717) is 36.0 Å². The molecule has 2 aromatic rings. The molecule has 2 rings (SSSR count). The van der Waals surface area contributed by atoms with Crippen molar-refractivity contribution < 1.29 is 30.6 Å².